The normalized spacial score (nSPS) is 20.8. The van der Waals surface area contributed by atoms with Crippen LogP contribution in [0.1, 0.15) is 17.3 Å². The zero-order valence-corrected chi connectivity index (χ0v) is 9.35. The maximum atomic E-state index is 12.1. The number of hydrogen-bond donors (Lipinski definition) is 1. The molecule has 1 aromatic carbocycles. The highest BCUT2D eigenvalue weighted by Gasteiger charge is 2.22. The van der Waals surface area contributed by atoms with Crippen LogP contribution < -0.4 is 5.73 Å². The largest absolute Gasteiger partial charge is 0.399 e. The van der Waals surface area contributed by atoms with Crippen LogP contribution in [-0.2, 0) is 4.74 Å². The number of nitrogen functional groups attached to an aromatic ring is 1. The second kappa shape index (κ2) is 4.53. The molecule has 0 aromatic heterocycles. The Morgan fingerprint density at radius 1 is 1.56 bits per heavy atom. The van der Waals surface area contributed by atoms with Gasteiger partial charge in [0.15, 0.2) is 0 Å². The molecule has 2 N–H and O–H groups in total. The van der Waals surface area contributed by atoms with Crippen LogP contribution >= 0.6 is 0 Å². The molecular formula is C12H16N2O2. The number of amides is 1. The van der Waals surface area contributed by atoms with E-state index in [0.717, 1.165) is 0 Å². The highest BCUT2D eigenvalue weighted by molar-refractivity contribution is 5.95. The van der Waals surface area contributed by atoms with Gasteiger partial charge in [-0.05, 0) is 25.1 Å². The van der Waals surface area contributed by atoms with Crippen molar-refractivity contribution in [2.45, 2.75) is 13.0 Å². The molecule has 1 aromatic rings. The van der Waals surface area contributed by atoms with Gasteiger partial charge in [0.25, 0.3) is 5.91 Å². The van der Waals surface area contributed by atoms with Crippen molar-refractivity contribution in [3.05, 3.63) is 29.8 Å². The Balaban J connectivity index is 2.12. The smallest absolute Gasteiger partial charge is 0.254 e. The third-order valence-electron chi connectivity index (χ3n) is 2.66. The predicted molar refractivity (Wildman–Crippen MR) is 62.2 cm³/mol. The van der Waals surface area contributed by atoms with Crippen molar-refractivity contribution in [2.75, 3.05) is 25.4 Å². The molecular weight excluding hydrogens is 204 g/mol. The third kappa shape index (κ3) is 2.33. The molecule has 1 atom stereocenters. The first-order valence-electron chi connectivity index (χ1n) is 5.43. The number of anilines is 1. The zero-order chi connectivity index (χ0) is 11.5. The number of benzene rings is 1. The van der Waals surface area contributed by atoms with Crippen molar-refractivity contribution >= 4 is 11.6 Å². The minimum absolute atomic E-state index is 0.0300. The quantitative estimate of drug-likeness (QED) is 0.722. The van der Waals surface area contributed by atoms with Crippen LogP contribution in [0.15, 0.2) is 24.3 Å². The Labute approximate surface area is 95.0 Å². The van der Waals surface area contributed by atoms with Crippen LogP contribution in [0.3, 0.4) is 0 Å². The van der Waals surface area contributed by atoms with E-state index in [1.807, 2.05) is 11.8 Å². The molecule has 0 saturated carbocycles. The molecule has 0 unspecified atom stereocenters. The summed E-state index contributed by atoms with van der Waals surface area (Å²) in [7, 11) is 0. The Morgan fingerprint density at radius 2 is 2.38 bits per heavy atom. The first kappa shape index (κ1) is 11.0. The topological polar surface area (TPSA) is 55.6 Å². The van der Waals surface area contributed by atoms with Gasteiger partial charge in [-0.15, -0.1) is 0 Å². The summed E-state index contributed by atoms with van der Waals surface area (Å²) in [5, 5.41) is 0. The summed E-state index contributed by atoms with van der Waals surface area (Å²) >= 11 is 0. The lowest BCUT2D eigenvalue weighted by molar-refractivity contribution is -0.0124. The van der Waals surface area contributed by atoms with Gasteiger partial charge in [-0.1, -0.05) is 6.07 Å². The maximum absolute atomic E-state index is 12.1. The average Bonchev–Trinajstić information content (AvgIpc) is 2.28. The van der Waals surface area contributed by atoms with Gasteiger partial charge in [-0.25, -0.2) is 0 Å². The summed E-state index contributed by atoms with van der Waals surface area (Å²) in [6.07, 6.45) is 0.110. The number of carbonyl (C=O) groups excluding carboxylic acids is 1. The first-order valence-corrected chi connectivity index (χ1v) is 5.43. The van der Waals surface area contributed by atoms with Gasteiger partial charge >= 0.3 is 0 Å². The molecule has 2 rings (SSSR count). The minimum Gasteiger partial charge on any atom is -0.399 e. The molecule has 4 heteroatoms. The van der Waals surface area contributed by atoms with E-state index in [1.54, 1.807) is 24.3 Å². The monoisotopic (exact) mass is 220 g/mol. The van der Waals surface area contributed by atoms with Gasteiger partial charge in [0.05, 0.1) is 12.7 Å². The number of rotatable bonds is 1. The molecule has 1 heterocycles. The Kier molecular flexibility index (Phi) is 3.10. The van der Waals surface area contributed by atoms with Crippen LogP contribution in [-0.4, -0.2) is 36.6 Å². The first-order chi connectivity index (χ1) is 7.66. The van der Waals surface area contributed by atoms with Crippen molar-refractivity contribution in [2.24, 2.45) is 0 Å². The fourth-order valence-electron chi connectivity index (χ4n) is 1.86. The average molecular weight is 220 g/mol. The fourth-order valence-corrected chi connectivity index (χ4v) is 1.86. The zero-order valence-electron chi connectivity index (χ0n) is 9.35. The van der Waals surface area contributed by atoms with Crippen LogP contribution in [0, 0.1) is 0 Å². The van der Waals surface area contributed by atoms with E-state index < -0.39 is 0 Å². The SMILES string of the molecule is C[C@H]1CN(C(=O)c2cccc(N)c2)CCO1. The van der Waals surface area contributed by atoms with Crippen LogP contribution in [0.25, 0.3) is 0 Å². The van der Waals surface area contributed by atoms with Gasteiger partial charge in [0.1, 0.15) is 0 Å². The predicted octanol–water partition coefficient (Wildman–Crippen LogP) is 1.13. The second-order valence-corrected chi connectivity index (χ2v) is 4.06. The van der Waals surface area contributed by atoms with Gasteiger partial charge in [0.2, 0.25) is 0 Å². The lowest BCUT2D eigenvalue weighted by Crippen LogP contribution is -2.44. The van der Waals surface area contributed by atoms with Gasteiger partial charge in [-0.2, -0.15) is 0 Å². The standard InChI is InChI=1S/C12H16N2O2/c1-9-8-14(5-6-16-9)12(15)10-3-2-4-11(13)7-10/h2-4,7,9H,5-6,8,13H2,1H3/t9-/m0/s1. The van der Waals surface area contributed by atoms with Crippen molar-refractivity contribution in [3.63, 3.8) is 0 Å². The summed E-state index contributed by atoms with van der Waals surface area (Å²) in [4.78, 5) is 13.9. The van der Waals surface area contributed by atoms with E-state index in [4.69, 9.17) is 10.5 Å². The highest BCUT2D eigenvalue weighted by Crippen LogP contribution is 2.12. The Morgan fingerprint density at radius 3 is 3.06 bits per heavy atom. The van der Waals surface area contributed by atoms with E-state index in [0.29, 0.717) is 30.9 Å². The fraction of sp³-hybridized carbons (Fsp3) is 0.417. The van der Waals surface area contributed by atoms with E-state index in [2.05, 4.69) is 0 Å². The number of nitrogens with zero attached hydrogens (tertiary/aromatic N) is 1. The molecule has 1 amide bonds. The molecule has 0 spiro atoms. The van der Waals surface area contributed by atoms with Crippen LogP contribution in [0.5, 0.6) is 0 Å². The van der Waals surface area contributed by atoms with Crippen molar-refractivity contribution < 1.29 is 9.53 Å². The van der Waals surface area contributed by atoms with E-state index in [-0.39, 0.29) is 12.0 Å². The Hall–Kier alpha value is -1.55. The van der Waals surface area contributed by atoms with E-state index in [1.165, 1.54) is 0 Å². The summed E-state index contributed by atoms with van der Waals surface area (Å²) in [6.45, 7) is 3.87. The Bertz CT molecular complexity index is 392. The molecule has 1 aliphatic rings. The third-order valence-corrected chi connectivity index (χ3v) is 2.66. The lowest BCUT2D eigenvalue weighted by Gasteiger charge is -2.31. The minimum atomic E-state index is 0.0300. The lowest BCUT2D eigenvalue weighted by atomic mass is 10.1. The maximum Gasteiger partial charge on any atom is 0.254 e. The summed E-state index contributed by atoms with van der Waals surface area (Å²) in [5.74, 6) is 0.0300. The number of morpholine rings is 1. The van der Waals surface area contributed by atoms with Gasteiger partial charge in [-0.3, -0.25) is 4.79 Å². The number of nitrogens with two attached hydrogens (primary N) is 1. The molecule has 0 aliphatic carbocycles. The molecule has 16 heavy (non-hydrogen) atoms. The molecule has 1 saturated heterocycles. The van der Waals surface area contributed by atoms with Crippen molar-refractivity contribution in [1.82, 2.24) is 4.90 Å². The molecule has 86 valence electrons. The number of ether oxygens (including phenoxy) is 1. The summed E-state index contributed by atoms with van der Waals surface area (Å²) in [5.41, 5.74) is 6.92. The highest BCUT2D eigenvalue weighted by atomic mass is 16.5. The van der Waals surface area contributed by atoms with E-state index in [9.17, 15) is 4.79 Å². The van der Waals surface area contributed by atoms with Gasteiger partial charge in [0, 0.05) is 24.3 Å². The van der Waals surface area contributed by atoms with Crippen LogP contribution in [0.2, 0.25) is 0 Å². The molecule has 0 bridgehead atoms. The molecule has 0 radical (unpaired) electrons. The molecule has 1 aliphatic heterocycles. The molecule has 4 nitrogen and oxygen atoms in total. The summed E-state index contributed by atoms with van der Waals surface area (Å²) < 4.78 is 5.40. The number of hydrogen-bond acceptors (Lipinski definition) is 3. The van der Waals surface area contributed by atoms with Crippen molar-refractivity contribution in [3.8, 4) is 0 Å². The van der Waals surface area contributed by atoms with Crippen LogP contribution in [0.4, 0.5) is 5.69 Å². The van der Waals surface area contributed by atoms with Gasteiger partial charge < -0.3 is 15.4 Å². The molecule has 1 fully saturated rings. The number of carbonyl (C=O) groups is 1. The second-order valence-electron chi connectivity index (χ2n) is 4.06. The van der Waals surface area contributed by atoms with Crippen molar-refractivity contribution in [1.29, 1.82) is 0 Å². The van der Waals surface area contributed by atoms with E-state index >= 15 is 0 Å². The summed E-state index contributed by atoms with van der Waals surface area (Å²) in [6, 6.07) is 7.08.